The highest BCUT2D eigenvalue weighted by Crippen LogP contribution is 2.22. The largest absolute Gasteiger partial charge is 0.508 e. The van der Waals surface area contributed by atoms with Crippen LogP contribution in [0.15, 0.2) is 102 Å². The van der Waals surface area contributed by atoms with Crippen molar-refractivity contribution >= 4 is 82.8 Å². The van der Waals surface area contributed by atoms with Crippen molar-refractivity contribution in [3.63, 3.8) is 0 Å². The second kappa shape index (κ2) is 41.5. The number of phenolic OH excluding ortho intramolecular Hbond substituents is 1. The van der Waals surface area contributed by atoms with Crippen LogP contribution < -0.4 is 70.4 Å². The van der Waals surface area contributed by atoms with E-state index in [4.69, 9.17) is 17.2 Å². The molecular weight excluding hydrogens is 1370 g/mol. The molecule has 4 aromatic rings. The average molecular weight is 1480 g/mol. The third kappa shape index (κ3) is 26.9. The zero-order valence-corrected chi connectivity index (χ0v) is 60.5. The lowest BCUT2D eigenvalue weighted by Gasteiger charge is -2.31. The molecular formula is C72H102N18O16. The van der Waals surface area contributed by atoms with Crippen molar-refractivity contribution in [3.8, 4) is 5.75 Å². The lowest BCUT2D eigenvalue weighted by molar-refractivity contribution is -0.144. The number of benzene rings is 3. The summed E-state index contributed by atoms with van der Waals surface area (Å²) in [5.74, 6) is -11.7. The molecule has 0 bridgehead atoms. The van der Waals surface area contributed by atoms with Crippen LogP contribution in [-0.4, -0.2) is 223 Å². The molecule has 2 aliphatic rings. The van der Waals surface area contributed by atoms with E-state index in [2.05, 4.69) is 68.1 Å². The van der Waals surface area contributed by atoms with Gasteiger partial charge in [-0.3, -0.25) is 67.3 Å². The molecule has 12 amide bonds. The predicted octanol–water partition coefficient (Wildman–Crippen LogP) is -2.56. The van der Waals surface area contributed by atoms with Gasteiger partial charge in [-0.1, -0.05) is 100 Å². The number of carbonyl (C=O) groups is 13. The molecule has 3 heterocycles. The first-order valence-corrected chi connectivity index (χ1v) is 35.5. The molecule has 34 nitrogen and oxygen atoms in total. The molecule has 34 heteroatoms. The molecule has 12 atom stereocenters. The number of carboxylic acid groups (broad SMARTS) is 1. The number of carboxylic acids is 1. The molecule has 106 heavy (non-hydrogen) atoms. The van der Waals surface area contributed by atoms with Crippen LogP contribution in [-0.2, 0) is 88.0 Å². The van der Waals surface area contributed by atoms with Crippen molar-refractivity contribution in [2.75, 3.05) is 32.7 Å². The highest BCUT2D eigenvalue weighted by atomic mass is 16.4. The van der Waals surface area contributed by atoms with Gasteiger partial charge in [0.1, 0.15) is 66.2 Å². The molecule has 2 aliphatic heterocycles. The highest BCUT2D eigenvalue weighted by molar-refractivity contribution is 5.99. The van der Waals surface area contributed by atoms with Crippen LogP contribution in [0.2, 0.25) is 0 Å². The van der Waals surface area contributed by atoms with Crippen molar-refractivity contribution in [1.29, 1.82) is 0 Å². The number of aliphatic hydroxyl groups excluding tert-OH is 1. The van der Waals surface area contributed by atoms with Gasteiger partial charge in [-0.25, -0.2) is 4.98 Å². The Balaban J connectivity index is 1.11. The number of H-pyrrole nitrogens is 1. The zero-order chi connectivity index (χ0) is 77.7. The number of aliphatic imine (C=N–C) groups is 1. The second-order valence-corrected chi connectivity index (χ2v) is 27.4. The van der Waals surface area contributed by atoms with Crippen LogP contribution in [0.1, 0.15) is 115 Å². The molecule has 0 unspecified atom stereocenters. The number of likely N-dealkylation sites (tertiary alicyclic amines) is 2. The summed E-state index contributed by atoms with van der Waals surface area (Å²) in [6, 6.07) is 8.98. The topological polar surface area (TPSA) is 528 Å². The Bertz CT molecular complexity index is 3670. The quantitative estimate of drug-likeness (QED) is 0.0124. The summed E-state index contributed by atoms with van der Waals surface area (Å²) in [6.45, 7) is 8.40. The number of rotatable bonds is 39. The molecule has 1 aromatic heterocycles. The van der Waals surface area contributed by atoms with Gasteiger partial charge in [0.25, 0.3) is 0 Å². The van der Waals surface area contributed by atoms with E-state index in [9.17, 15) is 77.6 Å². The Hall–Kier alpha value is -11.0. The highest BCUT2D eigenvalue weighted by Gasteiger charge is 2.41. The number of phenols is 1. The Labute approximate surface area is 614 Å². The van der Waals surface area contributed by atoms with Gasteiger partial charge in [0.2, 0.25) is 70.9 Å². The van der Waals surface area contributed by atoms with E-state index in [1.807, 2.05) is 13.8 Å². The van der Waals surface area contributed by atoms with Crippen LogP contribution >= 0.6 is 0 Å². The standard InChI is InChI=1S/C72H102N18O16/c1-40(2)31-51(62(96)86-55(34-46-24-26-48(92)27-25-46)70(104)90-30-16-23-56(90)66(100)80-42(5)71(105)106)82-58(94)38-89-29-14-13-22-50(69(89)103)83-63(97)52(32-44-17-9-7-10-18-44)85-64(98)54(35-47-36-76-39-79-47)81-57(93)37-78-67(101)60(43(6)91)88-68(102)59(41(3)4)87-65(99)53(33-45-19-11-8-12-20-45)84-61(95)49(73)21-15-28-77-72(74)75/h7-12,17-20,24-27,36,39-43,49-56,59-60,91-92H,13-16,21-23,28-35,37-38,73H2,1-6H3,(H,76,79)(H,78,101)(H,80,100)(H,81,93)(H,82,94)(H,83,97)(H,84,95)(H,85,98)(H,86,96)(H,87,99)(H,88,102)(H,105,106)(H4,74,75,77)/t42-,43+,49-,50+,51-,52-,53-,54-,55-,56-,59-,60-/m0/s1. The summed E-state index contributed by atoms with van der Waals surface area (Å²) < 4.78 is 0. The number of nitrogens with two attached hydrogens (primary N) is 3. The number of hydrogen-bond acceptors (Lipinski definition) is 18. The summed E-state index contributed by atoms with van der Waals surface area (Å²) in [7, 11) is 0. The predicted molar refractivity (Wildman–Crippen MR) is 387 cm³/mol. The van der Waals surface area contributed by atoms with Crippen LogP contribution in [0.5, 0.6) is 5.75 Å². The monoisotopic (exact) mass is 1470 g/mol. The van der Waals surface area contributed by atoms with E-state index in [0.29, 0.717) is 48.1 Å². The van der Waals surface area contributed by atoms with Crippen molar-refractivity contribution in [2.24, 2.45) is 34.0 Å². The lowest BCUT2D eigenvalue weighted by Crippen LogP contribution is -2.61. The number of hydrogen-bond donors (Lipinski definition) is 17. The Morgan fingerprint density at radius 3 is 1.77 bits per heavy atom. The number of aromatic amines is 1. The molecule has 6 rings (SSSR count). The number of guanidine groups is 1. The number of imidazole rings is 1. The Kier molecular flexibility index (Phi) is 32.8. The summed E-state index contributed by atoms with van der Waals surface area (Å²) >= 11 is 0. The fraction of sp³-hybridized carbons (Fsp3) is 0.514. The van der Waals surface area contributed by atoms with E-state index >= 15 is 0 Å². The van der Waals surface area contributed by atoms with Gasteiger partial charge in [0.15, 0.2) is 5.96 Å². The lowest BCUT2D eigenvalue weighted by atomic mass is 10.00. The average Bonchev–Trinajstić information content (AvgIpc) is 1.56. The first kappa shape index (κ1) is 83.9. The maximum Gasteiger partial charge on any atom is 0.325 e. The van der Waals surface area contributed by atoms with Gasteiger partial charge in [-0.05, 0) is 106 Å². The van der Waals surface area contributed by atoms with E-state index < -0.39 is 168 Å². The summed E-state index contributed by atoms with van der Waals surface area (Å²) in [5, 5.41) is 56.5. The molecule has 0 radical (unpaired) electrons. The molecule has 2 fully saturated rings. The van der Waals surface area contributed by atoms with Gasteiger partial charge in [0.05, 0.1) is 31.6 Å². The van der Waals surface area contributed by atoms with Crippen molar-refractivity contribution in [2.45, 2.75) is 191 Å². The second-order valence-electron chi connectivity index (χ2n) is 27.4. The number of aliphatic hydroxyl groups is 1. The van der Waals surface area contributed by atoms with Crippen molar-refractivity contribution in [3.05, 3.63) is 120 Å². The Morgan fingerprint density at radius 2 is 1.18 bits per heavy atom. The van der Waals surface area contributed by atoms with Crippen LogP contribution in [0.4, 0.5) is 0 Å². The molecule has 20 N–H and O–H groups in total. The molecule has 0 saturated carbocycles. The summed E-state index contributed by atoms with van der Waals surface area (Å²) in [5.41, 5.74) is 19.1. The molecule has 2 saturated heterocycles. The fourth-order valence-corrected chi connectivity index (χ4v) is 12.1. The molecule has 0 spiro atoms. The number of aromatic nitrogens is 2. The number of nitrogens with one attached hydrogen (secondary N) is 11. The molecule has 0 aliphatic carbocycles. The minimum Gasteiger partial charge on any atom is -0.508 e. The molecule has 3 aromatic carbocycles. The fourth-order valence-electron chi connectivity index (χ4n) is 12.1. The Morgan fingerprint density at radius 1 is 0.613 bits per heavy atom. The number of nitrogens with zero attached hydrogens (tertiary/aromatic N) is 4. The zero-order valence-electron chi connectivity index (χ0n) is 60.5. The van der Waals surface area contributed by atoms with Crippen molar-refractivity contribution < 1.29 is 77.6 Å². The third-order valence-electron chi connectivity index (χ3n) is 17.8. The number of aliphatic carboxylic acids is 1. The minimum atomic E-state index is -1.70. The van der Waals surface area contributed by atoms with E-state index in [1.54, 1.807) is 86.6 Å². The summed E-state index contributed by atoms with van der Waals surface area (Å²) in [4.78, 5) is 194. The number of aromatic hydroxyl groups is 1. The minimum absolute atomic E-state index is 0.00181. The van der Waals surface area contributed by atoms with Crippen LogP contribution in [0.3, 0.4) is 0 Å². The van der Waals surface area contributed by atoms with Crippen molar-refractivity contribution in [1.82, 2.24) is 72.9 Å². The normalized spacial score (nSPS) is 17.2. The van der Waals surface area contributed by atoms with E-state index in [1.165, 1.54) is 48.3 Å². The maximum atomic E-state index is 14.7. The van der Waals surface area contributed by atoms with Gasteiger partial charge in [-0.15, -0.1) is 0 Å². The van der Waals surface area contributed by atoms with Crippen LogP contribution in [0.25, 0.3) is 0 Å². The maximum absolute atomic E-state index is 14.7. The third-order valence-corrected chi connectivity index (χ3v) is 17.8. The first-order valence-electron chi connectivity index (χ1n) is 35.5. The van der Waals surface area contributed by atoms with E-state index in [-0.39, 0.29) is 88.6 Å². The number of carbonyl (C=O) groups excluding carboxylic acids is 12. The van der Waals surface area contributed by atoms with Gasteiger partial charge in [-0.2, -0.15) is 0 Å². The van der Waals surface area contributed by atoms with E-state index in [0.717, 1.165) is 0 Å². The molecule has 576 valence electrons. The van der Waals surface area contributed by atoms with Gasteiger partial charge in [0, 0.05) is 57.2 Å². The SMILES string of the molecule is CC(C)C[C@H](NC(=O)CN1CCCC[C@@H](NC(=O)[C@H](Cc2ccccc2)NC(=O)[C@H](Cc2cnc[nH]2)NC(=O)CNC(=O)[C@@H](NC(=O)[C@@H](NC(=O)[C@H](Cc2ccccc2)NC(=O)[C@@H](N)CCCN=C(N)N)C(C)C)[C@@H](C)O)C1=O)C(=O)N[C@@H](Cc1ccc(O)cc1)C(=O)N1CCC[C@H]1C(=O)N[C@@H](C)C(=O)O. The van der Waals surface area contributed by atoms with Crippen LogP contribution in [0, 0.1) is 11.8 Å². The summed E-state index contributed by atoms with van der Waals surface area (Å²) in [6.07, 6.45) is 2.89. The first-order chi connectivity index (χ1) is 50.4. The van der Waals surface area contributed by atoms with Gasteiger partial charge < -0.3 is 100 Å². The number of amides is 12. The van der Waals surface area contributed by atoms with Gasteiger partial charge >= 0.3 is 5.97 Å². The smallest absolute Gasteiger partial charge is 0.325 e.